The number of benzene rings is 1. The highest BCUT2D eigenvalue weighted by Gasteiger charge is 2.39. The van der Waals surface area contributed by atoms with Crippen molar-refractivity contribution in [2.75, 3.05) is 12.0 Å². The van der Waals surface area contributed by atoms with Crippen LogP contribution in [0.25, 0.3) is 5.57 Å². The number of hydrazine groups is 1. The van der Waals surface area contributed by atoms with Crippen LogP contribution in [0.1, 0.15) is 39.7 Å². The Morgan fingerprint density at radius 3 is 2.68 bits per heavy atom. The van der Waals surface area contributed by atoms with Gasteiger partial charge >= 0.3 is 0 Å². The molecule has 120 valence electrons. The Kier molecular flexibility index (Phi) is 4.47. The standard InChI is InChI=1S/C17H25N3O2/c1-6-13(16(21)19-18)20-15-12(8-7-9-14(15)22-5)11(2)10-17(20,3)4/h7-10,13H,6,18H2,1-5H3,(H,19,21)/t13-/m1/s1. The third-order valence-corrected chi connectivity index (χ3v) is 4.22. The molecule has 1 aliphatic rings. The number of nitrogens with zero attached hydrogens (tertiary/aromatic N) is 1. The number of carbonyl (C=O) groups is 1. The van der Waals surface area contributed by atoms with Crippen molar-refractivity contribution in [2.45, 2.75) is 45.7 Å². The zero-order chi connectivity index (χ0) is 16.5. The quantitative estimate of drug-likeness (QED) is 0.509. The molecular weight excluding hydrogens is 278 g/mol. The van der Waals surface area contributed by atoms with E-state index in [0.29, 0.717) is 6.42 Å². The van der Waals surface area contributed by atoms with Crippen LogP contribution in [0.4, 0.5) is 5.69 Å². The molecule has 1 heterocycles. The molecule has 1 aromatic rings. The fourth-order valence-electron chi connectivity index (χ4n) is 3.36. The van der Waals surface area contributed by atoms with Crippen molar-refractivity contribution in [3.8, 4) is 5.75 Å². The lowest BCUT2D eigenvalue weighted by Crippen LogP contribution is -2.57. The maximum Gasteiger partial charge on any atom is 0.256 e. The van der Waals surface area contributed by atoms with Gasteiger partial charge < -0.3 is 9.64 Å². The zero-order valence-electron chi connectivity index (χ0n) is 13.9. The molecule has 0 saturated heterocycles. The minimum absolute atomic E-state index is 0.194. The summed E-state index contributed by atoms with van der Waals surface area (Å²) in [5.74, 6) is 5.96. The molecule has 0 aliphatic carbocycles. The minimum atomic E-state index is -0.362. The lowest BCUT2D eigenvalue weighted by atomic mass is 9.86. The van der Waals surface area contributed by atoms with E-state index >= 15 is 0 Å². The van der Waals surface area contributed by atoms with Crippen LogP contribution in [0.2, 0.25) is 0 Å². The van der Waals surface area contributed by atoms with E-state index in [9.17, 15) is 4.79 Å². The molecule has 1 atom stereocenters. The van der Waals surface area contributed by atoms with Gasteiger partial charge in [0.2, 0.25) is 0 Å². The SMILES string of the molecule is CC[C@H](C(=O)NN)N1c2c(OC)cccc2C(C)=CC1(C)C. The van der Waals surface area contributed by atoms with Crippen molar-refractivity contribution in [1.82, 2.24) is 5.43 Å². The summed E-state index contributed by atoms with van der Waals surface area (Å²) in [5, 5.41) is 0. The second-order valence-electron chi connectivity index (χ2n) is 6.14. The molecule has 0 spiro atoms. The normalized spacial score (nSPS) is 17.4. The fraction of sp³-hybridized carbons (Fsp3) is 0.471. The van der Waals surface area contributed by atoms with Crippen molar-refractivity contribution in [3.05, 3.63) is 29.8 Å². The number of rotatable bonds is 4. The summed E-state index contributed by atoms with van der Waals surface area (Å²) >= 11 is 0. The van der Waals surface area contributed by atoms with Gasteiger partial charge in [-0.05, 0) is 38.8 Å². The Labute approximate surface area is 132 Å². The minimum Gasteiger partial charge on any atom is -0.495 e. The van der Waals surface area contributed by atoms with Crippen LogP contribution in [0, 0.1) is 0 Å². The van der Waals surface area contributed by atoms with Crippen LogP contribution in [0.15, 0.2) is 24.3 Å². The average molecular weight is 303 g/mol. The Morgan fingerprint density at radius 1 is 1.45 bits per heavy atom. The summed E-state index contributed by atoms with van der Waals surface area (Å²) < 4.78 is 5.56. The molecule has 0 saturated carbocycles. The molecule has 0 aromatic heterocycles. The Hall–Kier alpha value is -2.01. The second-order valence-corrected chi connectivity index (χ2v) is 6.14. The van der Waals surface area contributed by atoms with E-state index in [0.717, 1.165) is 17.0 Å². The summed E-state index contributed by atoms with van der Waals surface area (Å²) in [6, 6.07) is 5.58. The maximum atomic E-state index is 12.3. The molecule has 2 rings (SSSR count). The van der Waals surface area contributed by atoms with Gasteiger partial charge in [0.25, 0.3) is 5.91 Å². The molecule has 0 radical (unpaired) electrons. The van der Waals surface area contributed by atoms with Crippen LogP contribution >= 0.6 is 0 Å². The molecule has 3 N–H and O–H groups in total. The first-order chi connectivity index (χ1) is 10.4. The first kappa shape index (κ1) is 16.4. The van der Waals surface area contributed by atoms with Gasteiger partial charge in [-0.2, -0.15) is 0 Å². The van der Waals surface area contributed by atoms with Crippen LogP contribution < -0.4 is 20.9 Å². The number of amides is 1. The lowest BCUT2D eigenvalue weighted by molar-refractivity contribution is -0.122. The number of hydrogen-bond acceptors (Lipinski definition) is 4. The van der Waals surface area contributed by atoms with Crippen molar-refractivity contribution < 1.29 is 9.53 Å². The highest BCUT2D eigenvalue weighted by Crippen LogP contribution is 2.45. The Morgan fingerprint density at radius 2 is 2.14 bits per heavy atom. The van der Waals surface area contributed by atoms with E-state index in [1.807, 2.05) is 19.1 Å². The lowest BCUT2D eigenvalue weighted by Gasteiger charge is -2.47. The van der Waals surface area contributed by atoms with Crippen molar-refractivity contribution in [3.63, 3.8) is 0 Å². The molecule has 5 heteroatoms. The van der Waals surface area contributed by atoms with Gasteiger partial charge in [-0.15, -0.1) is 0 Å². The van der Waals surface area contributed by atoms with Crippen LogP contribution in [-0.2, 0) is 4.79 Å². The molecule has 5 nitrogen and oxygen atoms in total. The number of carbonyl (C=O) groups excluding carboxylic acids is 1. The Balaban J connectivity index is 2.70. The number of ether oxygens (including phenoxy) is 1. The van der Waals surface area contributed by atoms with Gasteiger partial charge in [-0.3, -0.25) is 10.2 Å². The Bertz CT molecular complexity index is 608. The van der Waals surface area contributed by atoms with Crippen molar-refractivity contribution in [2.24, 2.45) is 5.84 Å². The molecule has 1 aromatic carbocycles. The number of hydrogen-bond donors (Lipinski definition) is 2. The summed E-state index contributed by atoms with van der Waals surface area (Å²) in [7, 11) is 1.65. The largest absolute Gasteiger partial charge is 0.495 e. The summed E-state index contributed by atoms with van der Waals surface area (Å²) in [6.45, 7) is 8.26. The zero-order valence-corrected chi connectivity index (χ0v) is 13.9. The fourth-order valence-corrected chi connectivity index (χ4v) is 3.36. The van der Waals surface area contributed by atoms with E-state index in [4.69, 9.17) is 10.6 Å². The van der Waals surface area contributed by atoms with Gasteiger partial charge in [0.05, 0.1) is 18.3 Å². The topological polar surface area (TPSA) is 67.6 Å². The molecular formula is C17H25N3O2. The highest BCUT2D eigenvalue weighted by molar-refractivity contribution is 5.91. The highest BCUT2D eigenvalue weighted by atomic mass is 16.5. The third kappa shape index (κ3) is 2.57. The van der Waals surface area contributed by atoms with Gasteiger partial charge in [-0.1, -0.05) is 25.1 Å². The van der Waals surface area contributed by atoms with E-state index in [2.05, 4.69) is 43.2 Å². The second kappa shape index (κ2) is 6.01. The number of methoxy groups -OCH3 is 1. The summed E-state index contributed by atoms with van der Waals surface area (Å²) in [6.07, 6.45) is 2.83. The number of allylic oxidation sites excluding steroid dienone is 1. The molecule has 1 amide bonds. The predicted octanol–water partition coefficient (Wildman–Crippen LogP) is 2.47. The molecule has 0 unspecified atom stereocenters. The number of para-hydroxylation sites is 1. The summed E-state index contributed by atoms with van der Waals surface area (Å²) in [4.78, 5) is 14.4. The number of fused-ring (bicyclic) bond motifs is 1. The van der Waals surface area contributed by atoms with E-state index < -0.39 is 0 Å². The van der Waals surface area contributed by atoms with Crippen LogP contribution in [0.3, 0.4) is 0 Å². The van der Waals surface area contributed by atoms with Gasteiger partial charge in [0, 0.05) is 5.56 Å². The third-order valence-electron chi connectivity index (χ3n) is 4.22. The first-order valence-corrected chi connectivity index (χ1v) is 7.54. The first-order valence-electron chi connectivity index (χ1n) is 7.54. The molecule has 0 fully saturated rings. The smallest absolute Gasteiger partial charge is 0.256 e. The predicted molar refractivity (Wildman–Crippen MR) is 89.6 cm³/mol. The summed E-state index contributed by atoms with van der Waals surface area (Å²) in [5.41, 5.74) is 5.18. The van der Waals surface area contributed by atoms with E-state index in [1.54, 1.807) is 7.11 Å². The van der Waals surface area contributed by atoms with Crippen molar-refractivity contribution >= 4 is 17.2 Å². The number of nitrogens with one attached hydrogen (secondary N) is 1. The van der Waals surface area contributed by atoms with Gasteiger partial charge in [0.15, 0.2) is 0 Å². The molecule has 1 aliphatic heterocycles. The van der Waals surface area contributed by atoms with Gasteiger partial charge in [0.1, 0.15) is 11.8 Å². The average Bonchev–Trinajstić information content (AvgIpc) is 2.49. The maximum absolute atomic E-state index is 12.3. The van der Waals surface area contributed by atoms with Crippen LogP contribution in [0.5, 0.6) is 5.75 Å². The number of nitrogens with two attached hydrogens (primary N) is 1. The van der Waals surface area contributed by atoms with Crippen molar-refractivity contribution in [1.29, 1.82) is 0 Å². The monoisotopic (exact) mass is 303 g/mol. The number of anilines is 1. The molecule has 0 bridgehead atoms. The van der Waals surface area contributed by atoms with E-state index in [-0.39, 0.29) is 17.5 Å². The molecule has 22 heavy (non-hydrogen) atoms. The van der Waals surface area contributed by atoms with E-state index in [1.165, 1.54) is 5.57 Å². The van der Waals surface area contributed by atoms with Crippen LogP contribution in [-0.4, -0.2) is 24.6 Å². The van der Waals surface area contributed by atoms with Gasteiger partial charge in [-0.25, -0.2) is 5.84 Å².